The Morgan fingerprint density at radius 3 is 2.52 bits per heavy atom. The fraction of sp³-hybridized carbons (Fsp3) is 0.278. The van der Waals surface area contributed by atoms with Crippen molar-refractivity contribution < 1.29 is 14.3 Å². The lowest BCUT2D eigenvalue weighted by atomic mass is 10.1. The van der Waals surface area contributed by atoms with Gasteiger partial charge in [0.15, 0.2) is 11.5 Å². The Morgan fingerprint density at radius 2 is 1.88 bits per heavy atom. The van der Waals surface area contributed by atoms with Crippen LogP contribution in [0.3, 0.4) is 0 Å². The lowest BCUT2D eigenvalue weighted by Crippen LogP contribution is -2.30. The van der Waals surface area contributed by atoms with Crippen LogP contribution < -0.4 is 9.47 Å². The van der Waals surface area contributed by atoms with Gasteiger partial charge in [-0.25, -0.2) is 0 Å². The predicted octanol–water partition coefficient (Wildman–Crippen LogP) is 4.90. The highest BCUT2D eigenvalue weighted by Crippen LogP contribution is 2.45. The summed E-state index contributed by atoms with van der Waals surface area (Å²) in [7, 11) is 3.20. The van der Waals surface area contributed by atoms with Crippen molar-refractivity contribution in [1.29, 1.82) is 0 Å². The first kappa shape index (κ1) is 18.2. The standard InChI is InChI=1S/C18H17Cl2NO3S/c1-23-15-5-3-4-14(16(15)24-2)18-21(6-7-25-18)17(22)11-8-12(19)10-13(20)9-11/h3-5,8-10,18H,6-7H2,1-2H3/t18-/m0/s1. The minimum Gasteiger partial charge on any atom is -0.493 e. The van der Waals surface area contributed by atoms with Crippen molar-refractivity contribution in [3.63, 3.8) is 0 Å². The van der Waals surface area contributed by atoms with E-state index in [2.05, 4.69) is 0 Å². The molecule has 1 aliphatic rings. The summed E-state index contributed by atoms with van der Waals surface area (Å²) >= 11 is 13.8. The highest BCUT2D eigenvalue weighted by molar-refractivity contribution is 7.99. The minimum atomic E-state index is -0.157. The molecule has 0 saturated carbocycles. The van der Waals surface area contributed by atoms with Crippen LogP contribution in [0.1, 0.15) is 21.3 Å². The number of halogens is 2. The van der Waals surface area contributed by atoms with E-state index in [-0.39, 0.29) is 11.3 Å². The second-order valence-corrected chi connectivity index (χ2v) is 7.52. The van der Waals surface area contributed by atoms with Crippen molar-refractivity contribution in [3.05, 3.63) is 57.6 Å². The van der Waals surface area contributed by atoms with Crippen LogP contribution in [0.5, 0.6) is 11.5 Å². The number of amides is 1. The highest BCUT2D eigenvalue weighted by atomic mass is 35.5. The smallest absolute Gasteiger partial charge is 0.255 e. The molecule has 132 valence electrons. The van der Waals surface area contributed by atoms with E-state index < -0.39 is 0 Å². The van der Waals surface area contributed by atoms with Gasteiger partial charge in [0.2, 0.25) is 0 Å². The molecule has 4 nitrogen and oxygen atoms in total. The average Bonchev–Trinajstić information content (AvgIpc) is 3.08. The SMILES string of the molecule is COc1cccc([C@@H]2SCCN2C(=O)c2cc(Cl)cc(Cl)c2)c1OC. The third-order valence-electron chi connectivity index (χ3n) is 3.96. The molecule has 2 aromatic rings. The Bertz CT molecular complexity index is 780. The number of para-hydroxylation sites is 1. The van der Waals surface area contributed by atoms with Crippen molar-refractivity contribution >= 4 is 40.9 Å². The number of hydrogen-bond acceptors (Lipinski definition) is 4. The molecule has 1 fully saturated rings. The maximum Gasteiger partial charge on any atom is 0.255 e. The van der Waals surface area contributed by atoms with Crippen molar-refractivity contribution in [1.82, 2.24) is 4.90 Å². The Balaban J connectivity index is 1.97. The lowest BCUT2D eigenvalue weighted by Gasteiger charge is -2.26. The first-order chi connectivity index (χ1) is 12.0. The van der Waals surface area contributed by atoms with E-state index in [1.54, 1.807) is 44.2 Å². The number of methoxy groups -OCH3 is 2. The first-order valence-electron chi connectivity index (χ1n) is 7.64. The Morgan fingerprint density at radius 1 is 1.16 bits per heavy atom. The molecule has 0 spiro atoms. The van der Waals surface area contributed by atoms with E-state index in [4.69, 9.17) is 32.7 Å². The summed E-state index contributed by atoms with van der Waals surface area (Å²) in [5.41, 5.74) is 1.39. The number of ether oxygens (including phenoxy) is 2. The molecule has 0 bridgehead atoms. The topological polar surface area (TPSA) is 38.8 Å². The van der Waals surface area contributed by atoms with Gasteiger partial charge in [0.1, 0.15) is 5.37 Å². The van der Waals surface area contributed by atoms with E-state index >= 15 is 0 Å². The quantitative estimate of drug-likeness (QED) is 0.735. The fourth-order valence-electron chi connectivity index (χ4n) is 2.89. The minimum absolute atomic E-state index is 0.107. The van der Waals surface area contributed by atoms with Gasteiger partial charge in [-0.1, -0.05) is 35.3 Å². The predicted molar refractivity (Wildman–Crippen MR) is 102 cm³/mol. The third kappa shape index (κ3) is 3.68. The number of thioether (sulfide) groups is 1. The van der Waals surface area contributed by atoms with E-state index in [1.165, 1.54) is 0 Å². The molecule has 1 amide bonds. The third-order valence-corrected chi connectivity index (χ3v) is 5.64. The van der Waals surface area contributed by atoms with E-state index in [1.807, 2.05) is 23.1 Å². The average molecular weight is 398 g/mol. The van der Waals surface area contributed by atoms with Gasteiger partial charge >= 0.3 is 0 Å². The van der Waals surface area contributed by atoms with Crippen LogP contribution in [0.2, 0.25) is 10.0 Å². The molecule has 0 N–H and O–H groups in total. The number of carbonyl (C=O) groups excluding carboxylic acids is 1. The second kappa shape index (κ2) is 7.77. The van der Waals surface area contributed by atoms with Gasteiger partial charge in [0, 0.05) is 33.5 Å². The van der Waals surface area contributed by atoms with Crippen molar-refractivity contribution in [3.8, 4) is 11.5 Å². The number of benzene rings is 2. The summed E-state index contributed by atoms with van der Waals surface area (Å²) in [5, 5.41) is 0.728. The van der Waals surface area contributed by atoms with Crippen molar-refractivity contribution in [2.45, 2.75) is 5.37 Å². The number of hydrogen-bond donors (Lipinski definition) is 0. The molecule has 0 unspecified atom stereocenters. The van der Waals surface area contributed by atoms with Gasteiger partial charge in [-0.05, 0) is 24.3 Å². The lowest BCUT2D eigenvalue weighted by molar-refractivity contribution is 0.0759. The summed E-state index contributed by atoms with van der Waals surface area (Å²) in [4.78, 5) is 14.8. The molecular formula is C18H17Cl2NO3S. The molecule has 2 aromatic carbocycles. The first-order valence-corrected chi connectivity index (χ1v) is 9.45. The molecule has 1 atom stereocenters. The van der Waals surface area contributed by atoms with Crippen LogP contribution in [-0.4, -0.2) is 37.3 Å². The molecular weight excluding hydrogens is 381 g/mol. The second-order valence-electron chi connectivity index (χ2n) is 5.46. The summed E-state index contributed by atoms with van der Waals surface area (Å²) in [6.07, 6.45) is 0. The molecule has 1 saturated heterocycles. The largest absolute Gasteiger partial charge is 0.493 e. The zero-order valence-corrected chi connectivity index (χ0v) is 16.1. The molecule has 0 radical (unpaired) electrons. The van der Waals surface area contributed by atoms with Gasteiger partial charge in [-0.15, -0.1) is 11.8 Å². The maximum atomic E-state index is 13.0. The normalized spacial score (nSPS) is 16.8. The van der Waals surface area contributed by atoms with Crippen LogP contribution in [0.15, 0.2) is 36.4 Å². The molecule has 0 aromatic heterocycles. The monoisotopic (exact) mass is 397 g/mol. The van der Waals surface area contributed by atoms with Crippen molar-refractivity contribution in [2.24, 2.45) is 0 Å². The Hall–Kier alpha value is -1.56. The van der Waals surface area contributed by atoms with Gasteiger partial charge in [0.25, 0.3) is 5.91 Å². The Kier molecular flexibility index (Phi) is 5.67. The summed E-state index contributed by atoms with van der Waals surface area (Å²) in [6, 6.07) is 10.6. The molecule has 25 heavy (non-hydrogen) atoms. The van der Waals surface area contributed by atoms with E-state index in [0.717, 1.165) is 11.3 Å². The van der Waals surface area contributed by atoms with E-state index in [9.17, 15) is 4.79 Å². The van der Waals surface area contributed by atoms with Crippen LogP contribution in [-0.2, 0) is 0 Å². The molecule has 3 rings (SSSR count). The van der Waals surface area contributed by atoms with Gasteiger partial charge in [-0.3, -0.25) is 4.79 Å². The molecule has 7 heteroatoms. The number of rotatable bonds is 4. The van der Waals surface area contributed by atoms with Gasteiger partial charge in [0.05, 0.1) is 14.2 Å². The van der Waals surface area contributed by atoms with Crippen molar-refractivity contribution in [2.75, 3.05) is 26.5 Å². The number of carbonyl (C=O) groups is 1. The van der Waals surface area contributed by atoms with E-state index in [0.29, 0.717) is 33.7 Å². The van der Waals surface area contributed by atoms with Crippen LogP contribution in [0.4, 0.5) is 0 Å². The molecule has 1 heterocycles. The summed E-state index contributed by atoms with van der Waals surface area (Å²) < 4.78 is 10.9. The zero-order valence-electron chi connectivity index (χ0n) is 13.8. The van der Waals surface area contributed by atoms with Gasteiger partial charge in [-0.2, -0.15) is 0 Å². The Labute approximate surface area is 161 Å². The van der Waals surface area contributed by atoms with Crippen LogP contribution in [0, 0.1) is 0 Å². The number of nitrogens with zero attached hydrogens (tertiary/aromatic N) is 1. The highest BCUT2D eigenvalue weighted by Gasteiger charge is 2.34. The maximum absolute atomic E-state index is 13.0. The zero-order chi connectivity index (χ0) is 18.0. The van der Waals surface area contributed by atoms with Crippen LogP contribution >= 0.6 is 35.0 Å². The molecule has 0 aliphatic carbocycles. The van der Waals surface area contributed by atoms with Gasteiger partial charge < -0.3 is 14.4 Å². The summed E-state index contributed by atoms with van der Waals surface area (Å²) in [5.74, 6) is 2.02. The molecule has 1 aliphatic heterocycles. The van der Waals surface area contributed by atoms with Crippen LogP contribution in [0.25, 0.3) is 0 Å². The summed E-state index contributed by atoms with van der Waals surface area (Å²) in [6.45, 7) is 0.638. The fourth-order valence-corrected chi connectivity index (χ4v) is 4.68.